The van der Waals surface area contributed by atoms with Crippen molar-refractivity contribution in [1.82, 2.24) is 4.57 Å². The van der Waals surface area contributed by atoms with Crippen molar-refractivity contribution in [2.24, 2.45) is 0 Å². The lowest BCUT2D eigenvalue weighted by Crippen LogP contribution is -2.17. The fourth-order valence-corrected chi connectivity index (χ4v) is 1.70. The summed E-state index contributed by atoms with van der Waals surface area (Å²) in [4.78, 5) is 11.2. The van der Waals surface area contributed by atoms with E-state index in [1.165, 1.54) is 11.3 Å². The zero-order chi connectivity index (χ0) is 11.6. The number of rotatable bonds is 9. The van der Waals surface area contributed by atoms with Gasteiger partial charge in [-0.15, -0.1) is 0 Å². The summed E-state index contributed by atoms with van der Waals surface area (Å²) >= 11 is 1.20. The van der Waals surface area contributed by atoms with Crippen LogP contribution in [0.25, 0.3) is 0 Å². The first-order chi connectivity index (χ1) is 7.84. The van der Waals surface area contributed by atoms with E-state index < -0.39 is 0 Å². The fourth-order valence-electron chi connectivity index (χ4n) is 1.08. The molecule has 0 aliphatic carbocycles. The molecule has 0 spiro atoms. The molecule has 1 rings (SSSR count). The van der Waals surface area contributed by atoms with Crippen molar-refractivity contribution in [3.05, 3.63) is 21.2 Å². The maximum absolute atomic E-state index is 11.1. The fraction of sp³-hybridized carbons (Fsp3) is 0.700. The Kier molecular flexibility index (Phi) is 7.07. The minimum atomic E-state index is 0.0555. The van der Waals surface area contributed by atoms with E-state index in [2.05, 4.69) is 0 Å². The molecule has 0 N–H and O–H groups in total. The van der Waals surface area contributed by atoms with E-state index in [0.29, 0.717) is 39.6 Å². The molecule has 0 aromatic carbocycles. The molecule has 0 atom stereocenters. The molecule has 0 saturated heterocycles. The monoisotopic (exact) mass is 247 g/mol. The van der Waals surface area contributed by atoms with E-state index in [1.807, 2.05) is 0 Å². The Morgan fingerprint density at radius 1 is 1.19 bits per heavy atom. The van der Waals surface area contributed by atoms with Gasteiger partial charge in [0.25, 0.3) is 0 Å². The van der Waals surface area contributed by atoms with Crippen LogP contribution in [-0.4, -0.2) is 44.7 Å². The summed E-state index contributed by atoms with van der Waals surface area (Å²) in [7, 11) is 1.64. The van der Waals surface area contributed by atoms with E-state index in [-0.39, 0.29) is 4.87 Å². The Balaban J connectivity index is 1.93. The number of methoxy groups -OCH3 is 1. The predicted molar refractivity (Wildman–Crippen MR) is 62.1 cm³/mol. The molecular weight excluding hydrogens is 230 g/mol. The number of aromatic nitrogens is 1. The van der Waals surface area contributed by atoms with Crippen LogP contribution in [0.15, 0.2) is 16.4 Å². The van der Waals surface area contributed by atoms with E-state index in [0.717, 1.165) is 0 Å². The largest absolute Gasteiger partial charge is 0.382 e. The summed E-state index contributed by atoms with van der Waals surface area (Å²) in [6.45, 7) is 3.42. The minimum absolute atomic E-state index is 0.0555. The van der Waals surface area contributed by atoms with Gasteiger partial charge in [0.15, 0.2) is 0 Å². The van der Waals surface area contributed by atoms with Gasteiger partial charge in [0, 0.05) is 25.2 Å². The maximum atomic E-state index is 11.1. The Labute approximate surface area is 98.6 Å². The normalized spacial score (nSPS) is 10.8. The lowest BCUT2D eigenvalue weighted by atomic mass is 10.6. The van der Waals surface area contributed by atoms with Crippen LogP contribution in [0.5, 0.6) is 0 Å². The smallest absolute Gasteiger partial charge is 0.307 e. The summed E-state index contributed by atoms with van der Waals surface area (Å²) in [5, 5.41) is 1.77. The highest BCUT2D eigenvalue weighted by Crippen LogP contribution is 1.89. The second kappa shape index (κ2) is 8.46. The number of ether oxygens (including phenoxy) is 3. The average Bonchev–Trinajstić information content (AvgIpc) is 2.68. The molecule has 1 aromatic rings. The first-order valence-corrected chi connectivity index (χ1v) is 6.01. The molecule has 0 aliphatic rings. The van der Waals surface area contributed by atoms with Gasteiger partial charge in [-0.05, 0) is 0 Å². The standard InChI is InChI=1S/C10H17NO4S/c1-13-5-6-15-8-7-14-4-2-11-3-9-16-10(11)12/h3,9H,2,4-8H2,1H3. The van der Waals surface area contributed by atoms with Crippen LogP contribution >= 0.6 is 11.3 Å². The Bertz CT molecular complexity index is 323. The average molecular weight is 247 g/mol. The lowest BCUT2D eigenvalue weighted by molar-refractivity contribution is 0.0230. The topological polar surface area (TPSA) is 49.7 Å². The van der Waals surface area contributed by atoms with Gasteiger partial charge in [-0.25, -0.2) is 0 Å². The molecule has 1 heterocycles. The predicted octanol–water partition coefficient (Wildman–Crippen LogP) is 0.589. The van der Waals surface area contributed by atoms with Crippen molar-refractivity contribution in [2.75, 3.05) is 40.1 Å². The van der Waals surface area contributed by atoms with Crippen molar-refractivity contribution in [3.63, 3.8) is 0 Å². The molecular formula is C10H17NO4S. The van der Waals surface area contributed by atoms with Crippen molar-refractivity contribution >= 4 is 11.3 Å². The number of thiazole rings is 1. The van der Waals surface area contributed by atoms with Gasteiger partial charge in [0.05, 0.1) is 33.0 Å². The molecule has 92 valence electrons. The van der Waals surface area contributed by atoms with Gasteiger partial charge in [0.1, 0.15) is 0 Å². The molecule has 0 amide bonds. The second-order valence-corrected chi connectivity index (χ2v) is 3.94. The third-order valence-electron chi connectivity index (χ3n) is 1.92. The van der Waals surface area contributed by atoms with Gasteiger partial charge in [-0.2, -0.15) is 0 Å². The number of hydrogen-bond acceptors (Lipinski definition) is 5. The summed E-state index contributed by atoms with van der Waals surface area (Å²) < 4.78 is 17.0. The van der Waals surface area contributed by atoms with E-state index in [9.17, 15) is 4.79 Å². The quantitative estimate of drug-likeness (QED) is 0.599. The summed E-state index contributed by atoms with van der Waals surface area (Å²) in [6.07, 6.45) is 1.77. The zero-order valence-electron chi connectivity index (χ0n) is 9.39. The first kappa shape index (κ1) is 13.4. The van der Waals surface area contributed by atoms with E-state index in [1.54, 1.807) is 23.3 Å². The molecule has 0 fully saturated rings. The SMILES string of the molecule is COCCOCCOCCn1ccsc1=O. The second-order valence-electron chi connectivity index (χ2n) is 3.08. The van der Waals surface area contributed by atoms with Gasteiger partial charge < -0.3 is 18.8 Å². The number of nitrogens with zero attached hydrogens (tertiary/aromatic N) is 1. The van der Waals surface area contributed by atoms with E-state index in [4.69, 9.17) is 14.2 Å². The highest BCUT2D eigenvalue weighted by atomic mass is 32.1. The van der Waals surface area contributed by atoms with Gasteiger partial charge in [0.2, 0.25) is 0 Å². The van der Waals surface area contributed by atoms with Crippen LogP contribution in [0.3, 0.4) is 0 Å². The minimum Gasteiger partial charge on any atom is -0.382 e. The summed E-state index contributed by atoms with van der Waals surface area (Å²) in [6, 6.07) is 0. The molecule has 0 saturated carbocycles. The van der Waals surface area contributed by atoms with Crippen LogP contribution in [0, 0.1) is 0 Å². The zero-order valence-corrected chi connectivity index (χ0v) is 10.2. The van der Waals surface area contributed by atoms with Gasteiger partial charge >= 0.3 is 4.87 Å². The molecule has 0 unspecified atom stereocenters. The van der Waals surface area contributed by atoms with Crippen LogP contribution in [0.4, 0.5) is 0 Å². The lowest BCUT2D eigenvalue weighted by Gasteiger charge is -2.05. The molecule has 6 heteroatoms. The van der Waals surface area contributed by atoms with Crippen LogP contribution in [-0.2, 0) is 20.8 Å². The third kappa shape index (κ3) is 5.41. The molecule has 16 heavy (non-hydrogen) atoms. The molecule has 5 nitrogen and oxygen atoms in total. The summed E-state index contributed by atoms with van der Waals surface area (Å²) in [5.41, 5.74) is 0. The van der Waals surface area contributed by atoms with Gasteiger partial charge in [-0.3, -0.25) is 4.79 Å². The molecule has 0 bridgehead atoms. The third-order valence-corrected chi connectivity index (χ3v) is 2.62. The molecule has 0 radical (unpaired) electrons. The summed E-state index contributed by atoms with van der Waals surface area (Å²) in [5.74, 6) is 0. The van der Waals surface area contributed by atoms with E-state index >= 15 is 0 Å². The maximum Gasteiger partial charge on any atom is 0.307 e. The first-order valence-electron chi connectivity index (χ1n) is 5.13. The van der Waals surface area contributed by atoms with Crippen molar-refractivity contribution < 1.29 is 14.2 Å². The highest BCUT2D eigenvalue weighted by molar-refractivity contribution is 7.07. The van der Waals surface area contributed by atoms with Crippen molar-refractivity contribution in [3.8, 4) is 0 Å². The Hall–Kier alpha value is -0.690. The Morgan fingerprint density at radius 2 is 1.88 bits per heavy atom. The van der Waals surface area contributed by atoms with Crippen LogP contribution < -0.4 is 4.87 Å². The van der Waals surface area contributed by atoms with Crippen molar-refractivity contribution in [1.29, 1.82) is 0 Å². The van der Waals surface area contributed by atoms with Crippen molar-refractivity contribution in [2.45, 2.75) is 6.54 Å². The number of hydrogen-bond donors (Lipinski definition) is 0. The van der Waals surface area contributed by atoms with Gasteiger partial charge in [-0.1, -0.05) is 11.3 Å². The molecule has 0 aliphatic heterocycles. The highest BCUT2D eigenvalue weighted by Gasteiger charge is 1.96. The van der Waals surface area contributed by atoms with Crippen LogP contribution in [0.2, 0.25) is 0 Å². The van der Waals surface area contributed by atoms with Crippen LogP contribution in [0.1, 0.15) is 0 Å². The molecule has 1 aromatic heterocycles. The Morgan fingerprint density at radius 3 is 2.50 bits per heavy atom.